The predicted octanol–water partition coefficient (Wildman–Crippen LogP) is 3.11. The highest BCUT2D eigenvalue weighted by Crippen LogP contribution is 2.29. The van der Waals surface area contributed by atoms with E-state index >= 15 is 0 Å². The van der Waals surface area contributed by atoms with Crippen LogP contribution < -0.4 is 14.2 Å². The van der Waals surface area contributed by atoms with Crippen molar-refractivity contribution in [1.82, 2.24) is 9.62 Å². The van der Waals surface area contributed by atoms with Crippen molar-refractivity contribution >= 4 is 21.7 Å². The van der Waals surface area contributed by atoms with Gasteiger partial charge in [-0.25, -0.2) is 13.1 Å². The summed E-state index contributed by atoms with van der Waals surface area (Å²) >= 11 is 0. The number of ketones is 1. The number of methoxy groups -OCH3 is 2. The predicted molar refractivity (Wildman–Crippen MR) is 129 cm³/mol. The van der Waals surface area contributed by atoms with Crippen LogP contribution in [0.2, 0.25) is 0 Å². The van der Waals surface area contributed by atoms with E-state index in [1.54, 1.807) is 4.90 Å². The maximum atomic E-state index is 12.9. The number of ether oxygens (including phenoxy) is 2. The summed E-state index contributed by atoms with van der Waals surface area (Å²) < 4.78 is 37.9. The van der Waals surface area contributed by atoms with Gasteiger partial charge in [-0.2, -0.15) is 0 Å². The number of carbonyl (C=O) groups excluding carboxylic acids is 2. The molecule has 2 aromatic rings. The van der Waals surface area contributed by atoms with E-state index in [-0.39, 0.29) is 35.5 Å². The highest BCUT2D eigenvalue weighted by atomic mass is 32.2. The molecule has 0 aromatic heterocycles. The molecule has 0 bridgehead atoms. The SMILES string of the molecule is COc1ccc(S(=O)(=O)NCCC(=O)N2CCC(C(=O)c3ccc(C)cc3C)CC2)cc1OC. The van der Waals surface area contributed by atoms with Crippen LogP contribution in [0.5, 0.6) is 11.5 Å². The van der Waals surface area contributed by atoms with Gasteiger partial charge in [0, 0.05) is 43.6 Å². The molecule has 0 atom stereocenters. The molecule has 0 saturated carbocycles. The monoisotopic (exact) mass is 488 g/mol. The molecule has 0 radical (unpaired) electrons. The second kappa shape index (κ2) is 11.0. The number of carbonyl (C=O) groups is 2. The molecule has 8 nitrogen and oxygen atoms in total. The second-order valence-corrected chi connectivity index (χ2v) is 10.3. The Hall–Kier alpha value is -2.91. The van der Waals surface area contributed by atoms with Crippen molar-refractivity contribution in [2.75, 3.05) is 33.9 Å². The van der Waals surface area contributed by atoms with Crippen LogP contribution in [-0.2, 0) is 14.8 Å². The molecule has 1 aliphatic heterocycles. The highest BCUT2D eigenvalue weighted by molar-refractivity contribution is 7.89. The molecule has 1 fully saturated rings. The third-order valence-corrected chi connectivity index (χ3v) is 7.62. The van der Waals surface area contributed by atoms with Gasteiger partial charge in [0.05, 0.1) is 19.1 Å². The molecule has 1 N–H and O–H groups in total. The number of amides is 1. The minimum absolute atomic E-state index is 0.0169. The zero-order valence-electron chi connectivity index (χ0n) is 20.1. The average molecular weight is 489 g/mol. The fourth-order valence-corrected chi connectivity index (χ4v) is 5.27. The van der Waals surface area contributed by atoms with E-state index in [1.807, 2.05) is 32.0 Å². The Bertz CT molecular complexity index is 1150. The third-order valence-electron chi connectivity index (χ3n) is 6.16. The molecule has 184 valence electrons. The number of piperidine rings is 1. The van der Waals surface area contributed by atoms with Gasteiger partial charge in [0.15, 0.2) is 17.3 Å². The van der Waals surface area contributed by atoms with Crippen LogP contribution in [0.3, 0.4) is 0 Å². The van der Waals surface area contributed by atoms with Gasteiger partial charge in [-0.1, -0.05) is 23.8 Å². The number of sulfonamides is 1. The molecule has 1 aliphatic rings. The molecule has 0 spiro atoms. The Kier molecular flexibility index (Phi) is 8.33. The summed E-state index contributed by atoms with van der Waals surface area (Å²) in [6.45, 7) is 4.91. The van der Waals surface area contributed by atoms with Crippen LogP contribution >= 0.6 is 0 Å². The Labute approximate surface area is 201 Å². The first kappa shape index (κ1) is 25.7. The van der Waals surface area contributed by atoms with E-state index in [0.29, 0.717) is 37.4 Å². The smallest absolute Gasteiger partial charge is 0.240 e. The summed E-state index contributed by atoms with van der Waals surface area (Å²) in [7, 11) is -0.903. The number of hydrogen-bond donors (Lipinski definition) is 1. The molecule has 9 heteroatoms. The van der Waals surface area contributed by atoms with Crippen LogP contribution in [0.25, 0.3) is 0 Å². The number of aryl methyl sites for hydroxylation is 2. The summed E-state index contributed by atoms with van der Waals surface area (Å²) in [5.74, 6) is 0.629. The number of nitrogens with zero attached hydrogens (tertiary/aromatic N) is 1. The summed E-state index contributed by atoms with van der Waals surface area (Å²) in [6.07, 6.45) is 1.26. The molecular weight excluding hydrogens is 456 g/mol. The van der Waals surface area contributed by atoms with Crippen LogP contribution in [0.1, 0.15) is 40.7 Å². The van der Waals surface area contributed by atoms with Crippen LogP contribution in [0.15, 0.2) is 41.3 Å². The van der Waals surface area contributed by atoms with Gasteiger partial charge in [-0.05, 0) is 44.4 Å². The lowest BCUT2D eigenvalue weighted by atomic mass is 9.87. The van der Waals surface area contributed by atoms with Gasteiger partial charge in [0.25, 0.3) is 0 Å². The minimum Gasteiger partial charge on any atom is -0.493 e. The second-order valence-electron chi connectivity index (χ2n) is 8.50. The molecule has 1 saturated heterocycles. The molecular formula is C25H32N2O6S. The maximum Gasteiger partial charge on any atom is 0.240 e. The van der Waals surface area contributed by atoms with Gasteiger partial charge in [0.1, 0.15) is 0 Å². The van der Waals surface area contributed by atoms with Gasteiger partial charge in [-0.15, -0.1) is 0 Å². The quantitative estimate of drug-likeness (QED) is 0.544. The summed E-state index contributed by atoms with van der Waals surface area (Å²) in [6, 6.07) is 10.2. The average Bonchev–Trinajstić information content (AvgIpc) is 2.83. The lowest BCUT2D eigenvalue weighted by Gasteiger charge is -2.31. The van der Waals surface area contributed by atoms with E-state index < -0.39 is 10.0 Å². The standard InChI is InChI=1S/C25H32N2O6S/c1-17-5-7-21(18(2)15-17)25(29)19-10-13-27(14-11-19)24(28)9-12-26-34(30,31)20-6-8-22(32-3)23(16-20)33-4/h5-8,15-16,19,26H,9-14H2,1-4H3. The van der Waals surface area contributed by atoms with Crippen molar-refractivity contribution in [3.05, 3.63) is 53.1 Å². The van der Waals surface area contributed by atoms with Crippen molar-refractivity contribution in [1.29, 1.82) is 0 Å². The molecule has 34 heavy (non-hydrogen) atoms. The molecule has 2 aromatic carbocycles. The number of Topliss-reactive ketones (excluding diaryl/α,β-unsaturated/α-hetero) is 1. The zero-order valence-corrected chi connectivity index (χ0v) is 20.9. The maximum absolute atomic E-state index is 12.9. The first-order valence-electron chi connectivity index (χ1n) is 11.3. The summed E-state index contributed by atoms with van der Waals surface area (Å²) in [4.78, 5) is 27.3. The van der Waals surface area contributed by atoms with E-state index in [9.17, 15) is 18.0 Å². The fraction of sp³-hybridized carbons (Fsp3) is 0.440. The number of nitrogens with one attached hydrogen (secondary N) is 1. The van der Waals surface area contributed by atoms with Gasteiger partial charge in [0.2, 0.25) is 15.9 Å². The van der Waals surface area contributed by atoms with E-state index in [2.05, 4.69) is 4.72 Å². The Morgan fingerprint density at radius 3 is 2.29 bits per heavy atom. The number of rotatable bonds is 9. The molecule has 0 unspecified atom stereocenters. The number of hydrogen-bond acceptors (Lipinski definition) is 6. The van der Waals surface area contributed by atoms with Crippen molar-refractivity contribution < 1.29 is 27.5 Å². The first-order chi connectivity index (χ1) is 16.2. The van der Waals surface area contributed by atoms with Gasteiger partial charge in [-0.3, -0.25) is 9.59 Å². The third kappa shape index (κ3) is 5.95. The highest BCUT2D eigenvalue weighted by Gasteiger charge is 2.28. The van der Waals surface area contributed by atoms with Gasteiger partial charge < -0.3 is 14.4 Å². The van der Waals surface area contributed by atoms with E-state index in [4.69, 9.17) is 9.47 Å². The molecule has 1 heterocycles. The van der Waals surface area contributed by atoms with E-state index in [1.165, 1.54) is 32.4 Å². The Morgan fingerprint density at radius 1 is 1.00 bits per heavy atom. The summed E-state index contributed by atoms with van der Waals surface area (Å²) in [5.41, 5.74) is 2.85. The zero-order chi connectivity index (χ0) is 24.9. The normalized spacial score (nSPS) is 14.6. The first-order valence-corrected chi connectivity index (χ1v) is 12.8. The topological polar surface area (TPSA) is 102 Å². The lowest BCUT2D eigenvalue weighted by Crippen LogP contribution is -2.41. The number of likely N-dealkylation sites (tertiary alicyclic amines) is 1. The van der Waals surface area contributed by atoms with Crippen molar-refractivity contribution in [2.24, 2.45) is 5.92 Å². The van der Waals surface area contributed by atoms with Crippen molar-refractivity contribution in [2.45, 2.75) is 38.0 Å². The van der Waals surface area contributed by atoms with Crippen LogP contribution in [0, 0.1) is 19.8 Å². The minimum atomic E-state index is -3.80. The Balaban J connectivity index is 1.50. The number of benzene rings is 2. The van der Waals surface area contributed by atoms with Crippen LogP contribution in [0.4, 0.5) is 0 Å². The molecule has 1 amide bonds. The lowest BCUT2D eigenvalue weighted by molar-refractivity contribution is -0.132. The summed E-state index contributed by atoms with van der Waals surface area (Å²) in [5, 5.41) is 0. The largest absolute Gasteiger partial charge is 0.493 e. The molecule has 3 rings (SSSR count). The Morgan fingerprint density at radius 2 is 1.68 bits per heavy atom. The van der Waals surface area contributed by atoms with Gasteiger partial charge >= 0.3 is 0 Å². The fourth-order valence-electron chi connectivity index (χ4n) is 4.22. The van der Waals surface area contributed by atoms with Crippen molar-refractivity contribution in [3.63, 3.8) is 0 Å². The van der Waals surface area contributed by atoms with Crippen LogP contribution in [-0.4, -0.2) is 58.9 Å². The van der Waals surface area contributed by atoms with E-state index in [0.717, 1.165) is 16.7 Å². The molecule has 0 aliphatic carbocycles. The van der Waals surface area contributed by atoms with Crippen molar-refractivity contribution in [3.8, 4) is 11.5 Å².